The molecule has 0 spiro atoms. The van der Waals surface area contributed by atoms with Crippen molar-refractivity contribution in [2.24, 2.45) is 0 Å². The Labute approximate surface area is 104 Å². The lowest BCUT2D eigenvalue weighted by Gasteiger charge is -2.07. The summed E-state index contributed by atoms with van der Waals surface area (Å²) >= 11 is 0. The summed E-state index contributed by atoms with van der Waals surface area (Å²) in [5.74, 6) is -0.880. The molecule has 0 unspecified atom stereocenters. The van der Waals surface area contributed by atoms with E-state index in [1.54, 1.807) is 19.1 Å². The minimum absolute atomic E-state index is 0.0240. The van der Waals surface area contributed by atoms with Gasteiger partial charge in [-0.15, -0.1) is 0 Å². The zero-order chi connectivity index (χ0) is 13.7. The second kappa shape index (κ2) is 5.81. The number of ether oxygens (including phenoxy) is 1. The topological polar surface area (TPSA) is 89.7 Å². The van der Waals surface area contributed by atoms with Crippen LogP contribution in [0.3, 0.4) is 0 Å². The SMILES string of the molecule is C/C(=C/COc1c(C)cccc1[N+](=O)[O-])C(=O)O. The van der Waals surface area contributed by atoms with Crippen molar-refractivity contribution < 1.29 is 19.6 Å². The van der Waals surface area contributed by atoms with Crippen LogP contribution >= 0.6 is 0 Å². The van der Waals surface area contributed by atoms with Gasteiger partial charge in [0.2, 0.25) is 0 Å². The van der Waals surface area contributed by atoms with Crippen LogP contribution in [0.2, 0.25) is 0 Å². The van der Waals surface area contributed by atoms with Gasteiger partial charge in [0.1, 0.15) is 6.61 Å². The van der Waals surface area contributed by atoms with E-state index in [2.05, 4.69) is 0 Å². The van der Waals surface area contributed by atoms with Crippen molar-refractivity contribution in [1.29, 1.82) is 0 Å². The Kier molecular flexibility index (Phi) is 4.42. The molecule has 0 aromatic heterocycles. The average Bonchev–Trinajstić information content (AvgIpc) is 2.30. The first kappa shape index (κ1) is 13.7. The fraction of sp³-hybridized carbons (Fsp3) is 0.250. The van der Waals surface area contributed by atoms with Gasteiger partial charge in [0.15, 0.2) is 5.75 Å². The van der Waals surface area contributed by atoms with Crippen LogP contribution in [0.15, 0.2) is 29.8 Å². The number of rotatable bonds is 5. The quantitative estimate of drug-likeness (QED) is 0.492. The van der Waals surface area contributed by atoms with Crippen LogP contribution in [-0.2, 0) is 4.79 Å². The third-order valence-corrected chi connectivity index (χ3v) is 2.34. The Hall–Kier alpha value is -2.37. The van der Waals surface area contributed by atoms with E-state index in [1.165, 1.54) is 19.1 Å². The molecule has 1 N–H and O–H groups in total. The summed E-state index contributed by atoms with van der Waals surface area (Å²) in [7, 11) is 0. The van der Waals surface area contributed by atoms with Gasteiger partial charge in [0.05, 0.1) is 4.92 Å². The zero-order valence-corrected chi connectivity index (χ0v) is 10.0. The zero-order valence-electron chi connectivity index (χ0n) is 10.0. The molecule has 18 heavy (non-hydrogen) atoms. The van der Waals surface area contributed by atoms with Crippen LogP contribution in [0, 0.1) is 17.0 Å². The molecule has 0 saturated carbocycles. The number of nitro groups is 1. The third kappa shape index (κ3) is 3.31. The van der Waals surface area contributed by atoms with Gasteiger partial charge < -0.3 is 9.84 Å². The molecule has 0 aliphatic heterocycles. The molecule has 0 atom stereocenters. The molecule has 6 nitrogen and oxygen atoms in total. The molecule has 0 fully saturated rings. The maximum Gasteiger partial charge on any atom is 0.331 e. The minimum atomic E-state index is -1.04. The molecular weight excluding hydrogens is 238 g/mol. The minimum Gasteiger partial charge on any atom is -0.482 e. The number of hydrogen-bond donors (Lipinski definition) is 1. The van der Waals surface area contributed by atoms with Crippen LogP contribution in [0.1, 0.15) is 12.5 Å². The highest BCUT2D eigenvalue weighted by Crippen LogP contribution is 2.30. The Morgan fingerprint density at radius 2 is 2.22 bits per heavy atom. The number of carboxylic acid groups (broad SMARTS) is 1. The van der Waals surface area contributed by atoms with Gasteiger partial charge >= 0.3 is 11.7 Å². The fourth-order valence-electron chi connectivity index (χ4n) is 1.31. The summed E-state index contributed by atoms with van der Waals surface area (Å²) in [4.78, 5) is 20.8. The normalized spacial score (nSPS) is 11.1. The highest BCUT2D eigenvalue weighted by atomic mass is 16.6. The van der Waals surface area contributed by atoms with E-state index in [9.17, 15) is 14.9 Å². The fourth-order valence-corrected chi connectivity index (χ4v) is 1.31. The number of aryl methyl sites for hydroxylation is 1. The molecule has 0 heterocycles. The number of nitrogens with zero attached hydrogens (tertiary/aromatic N) is 1. The highest BCUT2D eigenvalue weighted by molar-refractivity contribution is 5.85. The Bertz CT molecular complexity index is 507. The summed E-state index contributed by atoms with van der Waals surface area (Å²) in [6, 6.07) is 4.60. The van der Waals surface area contributed by atoms with Crippen molar-refractivity contribution >= 4 is 11.7 Å². The number of aliphatic carboxylic acids is 1. The average molecular weight is 251 g/mol. The number of carboxylic acids is 1. The van der Waals surface area contributed by atoms with Crippen LogP contribution in [0.4, 0.5) is 5.69 Å². The lowest BCUT2D eigenvalue weighted by molar-refractivity contribution is -0.385. The van der Waals surface area contributed by atoms with Crippen LogP contribution in [-0.4, -0.2) is 22.6 Å². The predicted octanol–water partition coefficient (Wildman–Crippen LogP) is 2.31. The predicted molar refractivity (Wildman–Crippen MR) is 64.7 cm³/mol. The summed E-state index contributed by atoms with van der Waals surface area (Å²) in [5, 5.41) is 19.4. The molecule has 0 aliphatic carbocycles. The first-order chi connectivity index (χ1) is 8.43. The Morgan fingerprint density at radius 3 is 2.78 bits per heavy atom. The van der Waals surface area contributed by atoms with Gasteiger partial charge in [-0.05, 0) is 25.5 Å². The number of carbonyl (C=O) groups is 1. The Balaban J connectivity index is 2.88. The Morgan fingerprint density at radius 1 is 1.56 bits per heavy atom. The van der Waals surface area contributed by atoms with Crippen molar-refractivity contribution in [1.82, 2.24) is 0 Å². The van der Waals surface area contributed by atoms with Gasteiger partial charge in [0, 0.05) is 11.6 Å². The third-order valence-electron chi connectivity index (χ3n) is 2.34. The lowest BCUT2D eigenvalue weighted by atomic mass is 10.2. The smallest absolute Gasteiger partial charge is 0.331 e. The summed E-state index contributed by atoms with van der Waals surface area (Å²) in [6.07, 6.45) is 1.36. The standard InChI is InChI=1S/C12H13NO5/c1-8-4-3-5-10(13(16)17)11(8)18-7-6-9(2)12(14)15/h3-6H,7H2,1-2H3,(H,14,15)/b9-6-. The molecule has 1 rings (SSSR count). The van der Waals surface area contributed by atoms with Crippen LogP contribution in [0.25, 0.3) is 0 Å². The molecule has 1 aromatic carbocycles. The van der Waals surface area contributed by atoms with Crippen molar-refractivity contribution in [3.63, 3.8) is 0 Å². The molecule has 0 bridgehead atoms. The van der Waals surface area contributed by atoms with Crippen LogP contribution < -0.4 is 4.74 Å². The first-order valence-electron chi connectivity index (χ1n) is 5.20. The first-order valence-corrected chi connectivity index (χ1v) is 5.20. The van der Waals surface area contributed by atoms with E-state index in [0.717, 1.165) is 0 Å². The van der Waals surface area contributed by atoms with Gasteiger partial charge in [-0.25, -0.2) is 4.79 Å². The maximum atomic E-state index is 10.8. The van der Waals surface area contributed by atoms with Gasteiger partial charge in [0.25, 0.3) is 0 Å². The lowest BCUT2D eigenvalue weighted by Crippen LogP contribution is -2.03. The molecular formula is C12H13NO5. The summed E-state index contributed by atoms with van der Waals surface area (Å²) < 4.78 is 5.27. The van der Waals surface area contributed by atoms with Gasteiger partial charge in [-0.1, -0.05) is 12.1 Å². The molecule has 0 aliphatic rings. The van der Waals surface area contributed by atoms with Crippen molar-refractivity contribution in [3.8, 4) is 5.75 Å². The van der Waals surface area contributed by atoms with E-state index >= 15 is 0 Å². The number of nitro benzene ring substituents is 1. The van der Waals surface area contributed by atoms with Crippen molar-refractivity contribution in [2.75, 3.05) is 6.61 Å². The largest absolute Gasteiger partial charge is 0.482 e. The number of hydrogen-bond acceptors (Lipinski definition) is 4. The molecule has 0 saturated heterocycles. The van der Waals surface area contributed by atoms with E-state index in [-0.39, 0.29) is 23.6 Å². The summed E-state index contributed by atoms with van der Waals surface area (Å²) in [6.45, 7) is 3.10. The molecule has 96 valence electrons. The molecule has 6 heteroatoms. The number of para-hydroxylation sites is 1. The molecule has 0 amide bonds. The molecule has 0 radical (unpaired) electrons. The second-order valence-electron chi connectivity index (χ2n) is 3.68. The van der Waals surface area contributed by atoms with E-state index in [1.807, 2.05) is 0 Å². The van der Waals surface area contributed by atoms with E-state index < -0.39 is 10.9 Å². The van der Waals surface area contributed by atoms with Gasteiger partial charge in [-0.3, -0.25) is 10.1 Å². The van der Waals surface area contributed by atoms with E-state index in [0.29, 0.717) is 5.56 Å². The summed E-state index contributed by atoms with van der Waals surface area (Å²) in [5.41, 5.74) is 0.633. The second-order valence-corrected chi connectivity index (χ2v) is 3.68. The van der Waals surface area contributed by atoms with Gasteiger partial charge in [-0.2, -0.15) is 0 Å². The monoisotopic (exact) mass is 251 g/mol. The van der Waals surface area contributed by atoms with Crippen molar-refractivity contribution in [2.45, 2.75) is 13.8 Å². The van der Waals surface area contributed by atoms with Crippen LogP contribution in [0.5, 0.6) is 5.75 Å². The number of benzene rings is 1. The van der Waals surface area contributed by atoms with Crippen molar-refractivity contribution in [3.05, 3.63) is 45.5 Å². The highest BCUT2D eigenvalue weighted by Gasteiger charge is 2.16. The van der Waals surface area contributed by atoms with E-state index in [4.69, 9.17) is 9.84 Å². The maximum absolute atomic E-state index is 10.8. The molecule has 1 aromatic rings.